The van der Waals surface area contributed by atoms with Crippen molar-refractivity contribution in [1.82, 2.24) is 9.97 Å². The molecule has 1 N–H and O–H groups in total. The third-order valence-electron chi connectivity index (χ3n) is 3.66. The van der Waals surface area contributed by atoms with Gasteiger partial charge in [0, 0.05) is 11.1 Å². The average molecular weight is 391 g/mol. The molecule has 9 heteroatoms. The van der Waals surface area contributed by atoms with Gasteiger partial charge < -0.3 is 4.98 Å². The van der Waals surface area contributed by atoms with Crippen molar-refractivity contribution in [2.75, 3.05) is 0 Å². The largest absolute Gasteiger partial charge is 0.416 e. The number of nitrogens with zero attached hydrogens (tertiary/aromatic N) is 1. The Balaban J connectivity index is 2.01. The van der Waals surface area contributed by atoms with Crippen LogP contribution >= 0.6 is 11.6 Å². The van der Waals surface area contributed by atoms with Crippen LogP contribution in [0.5, 0.6) is 0 Å². The zero-order valence-electron chi connectivity index (χ0n) is 12.7. The Hall–Kier alpha value is -2.48. The zero-order chi connectivity index (χ0) is 19.1. The van der Waals surface area contributed by atoms with Crippen LogP contribution in [0.2, 0.25) is 5.28 Å². The highest BCUT2D eigenvalue weighted by atomic mass is 35.5. The lowest BCUT2D eigenvalue weighted by molar-refractivity contribution is -0.138. The van der Waals surface area contributed by atoms with Crippen LogP contribution in [-0.4, -0.2) is 9.97 Å². The van der Waals surface area contributed by atoms with Crippen LogP contribution in [0.1, 0.15) is 11.1 Å². The van der Waals surface area contributed by atoms with Gasteiger partial charge >= 0.3 is 12.4 Å². The lowest BCUT2D eigenvalue weighted by atomic mass is 10.0. The molecule has 0 atom stereocenters. The van der Waals surface area contributed by atoms with E-state index in [2.05, 4.69) is 9.97 Å². The van der Waals surface area contributed by atoms with E-state index in [0.29, 0.717) is 16.8 Å². The molecular weight excluding hydrogens is 382 g/mol. The Bertz CT molecular complexity index is 833. The molecule has 0 aliphatic rings. The number of rotatable bonds is 2. The molecular formula is C17H9ClF6N2. The first-order valence-electron chi connectivity index (χ1n) is 7.16. The normalized spacial score (nSPS) is 12.4. The highest BCUT2D eigenvalue weighted by molar-refractivity contribution is 6.28. The van der Waals surface area contributed by atoms with Crippen molar-refractivity contribution in [2.45, 2.75) is 12.4 Å². The first-order chi connectivity index (χ1) is 12.1. The number of aromatic nitrogens is 2. The SMILES string of the molecule is FC(F)(F)c1ccc(-c2nc(Cl)[nH]c2-c2ccc(C(F)(F)F)cc2)cc1. The number of imidazole rings is 1. The summed E-state index contributed by atoms with van der Waals surface area (Å²) in [5.74, 6) is 0. The molecule has 0 radical (unpaired) electrons. The van der Waals surface area contributed by atoms with Gasteiger partial charge in [0.15, 0.2) is 0 Å². The Kier molecular flexibility index (Phi) is 4.47. The molecule has 0 saturated carbocycles. The minimum atomic E-state index is -4.47. The van der Waals surface area contributed by atoms with Gasteiger partial charge in [0.05, 0.1) is 22.5 Å². The summed E-state index contributed by atoms with van der Waals surface area (Å²) in [6, 6.07) is 8.52. The van der Waals surface area contributed by atoms with Gasteiger partial charge in [0.25, 0.3) is 0 Å². The van der Waals surface area contributed by atoms with Crippen molar-refractivity contribution in [3.8, 4) is 22.5 Å². The van der Waals surface area contributed by atoms with Crippen LogP contribution in [-0.2, 0) is 12.4 Å². The van der Waals surface area contributed by atoms with Crippen LogP contribution in [0.4, 0.5) is 26.3 Å². The molecule has 136 valence electrons. The number of aromatic amines is 1. The molecule has 26 heavy (non-hydrogen) atoms. The van der Waals surface area contributed by atoms with E-state index < -0.39 is 23.5 Å². The fraction of sp³-hybridized carbons (Fsp3) is 0.118. The summed E-state index contributed by atoms with van der Waals surface area (Å²) in [6.45, 7) is 0. The molecule has 0 unspecified atom stereocenters. The Morgan fingerprint density at radius 3 is 1.54 bits per heavy atom. The fourth-order valence-corrected chi connectivity index (χ4v) is 2.58. The molecule has 1 aromatic heterocycles. The van der Waals surface area contributed by atoms with Crippen molar-refractivity contribution in [3.05, 3.63) is 64.9 Å². The van der Waals surface area contributed by atoms with Gasteiger partial charge in [-0.3, -0.25) is 0 Å². The molecule has 2 aromatic carbocycles. The molecule has 2 nitrogen and oxygen atoms in total. The van der Waals surface area contributed by atoms with E-state index in [4.69, 9.17) is 11.6 Å². The Labute approximate surface area is 148 Å². The number of nitrogens with one attached hydrogen (secondary N) is 1. The topological polar surface area (TPSA) is 28.7 Å². The number of hydrogen-bond donors (Lipinski definition) is 1. The van der Waals surface area contributed by atoms with Crippen LogP contribution < -0.4 is 0 Å². The molecule has 3 aromatic rings. The summed E-state index contributed by atoms with van der Waals surface area (Å²) >= 11 is 5.85. The maximum Gasteiger partial charge on any atom is 0.416 e. The predicted molar refractivity (Wildman–Crippen MR) is 84.5 cm³/mol. The highest BCUT2D eigenvalue weighted by Gasteiger charge is 2.31. The van der Waals surface area contributed by atoms with Crippen LogP contribution in [0.3, 0.4) is 0 Å². The summed E-state index contributed by atoms with van der Waals surface area (Å²) in [5.41, 5.74) is -0.378. The molecule has 0 aliphatic carbocycles. The van der Waals surface area contributed by atoms with E-state index in [1.54, 1.807) is 0 Å². The summed E-state index contributed by atoms with van der Waals surface area (Å²) < 4.78 is 76.0. The summed E-state index contributed by atoms with van der Waals surface area (Å²) in [7, 11) is 0. The van der Waals surface area contributed by atoms with Gasteiger partial charge in [0.2, 0.25) is 5.28 Å². The molecule has 0 fully saturated rings. The Morgan fingerprint density at radius 1 is 0.692 bits per heavy atom. The van der Waals surface area contributed by atoms with Crippen molar-refractivity contribution >= 4 is 11.6 Å². The van der Waals surface area contributed by atoms with Crippen molar-refractivity contribution in [3.63, 3.8) is 0 Å². The van der Waals surface area contributed by atoms with Gasteiger partial charge in [-0.15, -0.1) is 0 Å². The first kappa shape index (κ1) is 18.3. The summed E-state index contributed by atoms with van der Waals surface area (Å²) in [6.07, 6.45) is -8.95. The number of benzene rings is 2. The monoisotopic (exact) mass is 390 g/mol. The van der Waals surface area contributed by atoms with Gasteiger partial charge in [0.1, 0.15) is 0 Å². The standard InChI is InChI=1S/C17H9ClF6N2/c18-15-25-13(9-1-5-11(6-2-9)16(19,20)21)14(26-15)10-3-7-12(8-4-10)17(22,23)24/h1-8H,(H,25,26). The van der Waals surface area contributed by atoms with Crippen LogP contribution in [0.25, 0.3) is 22.5 Å². The smallest absolute Gasteiger partial charge is 0.328 e. The quantitative estimate of drug-likeness (QED) is 0.501. The van der Waals surface area contributed by atoms with E-state index in [-0.39, 0.29) is 11.0 Å². The minimum absolute atomic E-state index is 0.0326. The van der Waals surface area contributed by atoms with Gasteiger partial charge in [-0.25, -0.2) is 4.98 Å². The van der Waals surface area contributed by atoms with E-state index >= 15 is 0 Å². The second-order valence-electron chi connectivity index (χ2n) is 5.40. The molecule has 0 aliphatic heterocycles. The molecule has 0 spiro atoms. The number of hydrogen-bond acceptors (Lipinski definition) is 1. The van der Waals surface area contributed by atoms with Gasteiger partial charge in [-0.2, -0.15) is 26.3 Å². The minimum Gasteiger partial charge on any atom is -0.328 e. The maximum atomic E-state index is 12.7. The first-order valence-corrected chi connectivity index (χ1v) is 7.54. The van der Waals surface area contributed by atoms with E-state index in [9.17, 15) is 26.3 Å². The molecule has 0 bridgehead atoms. The third kappa shape index (κ3) is 3.70. The van der Waals surface area contributed by atoms with E-state index in [1.807, 2.05) is 0 Å². The predicted octanol–water partition coefficient (Wildman–Crippen LogP) is 6.43. The highest BCUT2D eigenvalue weighted by Crippen LogP contribution is 2.36. The van der Waals surface area contributed by atoms with Crippen molar-refractivity contribution < 1.29 is 26.3 Å². The maximum absolute atomic E-state index is 12.7. The number of halogens is 7. The molecule has 0 amide bonds. The second-order valence-corrected chi connectivity index (χ2v) is 5.76. The van der Waals surface area contributed by atoms with Crippen LogP contribution in [0, 0.1) is 0 Å². The summed E-state index contributed by atoms with van der Waals surface area (Å²) in [4.78, 5) is 6.74. The fourth-order valence-electron chi connectivity index (χ4n) is 2.41. The van der Waals surface area contributed by atoms with Crippen molar-refractivity contribution in [2.24, 2.45) is 0 Å². The third-order valence-corrected chi connectivity index (χ3v) is 3.84. The second kappa shape index (κ2) is 6.35. The molecule has 3 rings (SSSR count). The summed E-state index contributed by atoms with van der Waals surface area (Å²) in [5, 5.41) is -0.0326. The van der Waals surface area contributed by atoms with E-state index in [0.717, 1.165) is 24.3 Å². The number of H-pyrrole nitrogens is 1. The lowest BCUT2D eigenvalue weighted by Crippen LogP contribution is -2.04. The number of alkyl halides is 6. The van der Waals surface area contributed by atoms with Crippen LogP contribution in [0.15, 0.2) is 48.5 Å². The van der Waals surface area contributed by atoms with Gasteiger partial charge in [-0.05, 0) is 35.9 Å². The van der Waals surface area contributed by atoms with Gasteiger partial charge in [-0.1, -0.05) is 24.3 Å². The van der Waals surface area contributed by atoms with E-state index in [1.165, 1.54) is 24.3 Å². The average Bonchev–Trinajstić information content (AvgIpc) is 2.95. The molecule has 0 saturated heterocycles. The van der Waals surface area contributed by atoms with Crippen molar-refractivity contribution in [1.29, 1.82) is 0 Å². The zero-order valence-corrected chi connectivity index (χ0v) is 13.5. The Morgan fingerprint density at radius 2 is 1.12 bits per heavy atom. The lowest BCUT2D eigenvalue weighted by Gasteiger charge is -2.09. The molecule has 1 heterocycles.